The second kappa shape index (κ2) is 5.42. The molecule has 0 aliphatic heterocycles. The highest BCUT2D eigenvalue weighted by Crippen LogP contribution is 2.30. The number of nitrogens with one attached hydrogen (secondary N) is 1. The van der Waals surface area contributed by atoms with Crippen molar-refractivity contribution in [3.05, 3.63) is 0 Å². The molecule has 96 valence electrons. The van der Waals surface area contributed by atoms with E-state index in [4.69, 9.17) is 6.42 Å². The molecule has 1 N–H and O–H groups in total. The van der Waals surface area contributed by atoms with Gasteiger partial charge in [-0.2, -0.15) is 0 Å². The first-order valence-corrected chi connectivity index (χ1v) is 6.98. The second-order valence-electron chi connectivity index (χ2n) is 6.64. The van der Waals surface area contributed by atoms with Gasteiger partial charge in [-0.15, -0.1) is 6.42 Å². The van der Waals surface area contributed by atoms with E-state index in [1.165, 1.54) is 32.2 Å². The minimum atomic E-state index is 0.328. The van der Waals surface area contributed by atoms with E-state index in [0.29, 0.717) is 5.41 Å². The number of hydrogen-bond acceptors (Lipinski definition) is 2. The van der Waals surface area contributed by atoms with Gasteiger partial charge in [0.2, 0.25) is 0 Å². The van der Waals surface area contributed by atoms with Crippen molar-refractivity contribution in [1.82, 2.24) is 10.2 Å². The van der Waals surface area contributed by atoms with Crippen molar-refractivity contribution in [2.45, 2.75) is 45.6 Å². The summed E-state index contributed by atoms with van der Waals surface area (Å²) < 4.78 is 0. The Balaban J connectivity index is 1.74. The summed E-state index contributed by atoms with van der Waals surface area (Å²) >= 11 is 0. The molecule has 2 fully saturated rings. The van der Waals surface area contributed by atoms with Gasteiger partial charge in [-0.25, -0.2) is 0 Å². The van der Waals surface area contributed by atoms with Crippen LogP contribution in [0.4, 0.5) is 0 Å². The summed E-state index contributed by atoms with van der Waals surface area (Å²) in [5, 5.41) is 3.63. The van der Waals surface area contributed by atoms with Crippen LogP contribution in [0.1, 0.15) is 39.5 Å². The summed E-state index contributed by atoms with van der Waals surface area (Å²) in [6.07, 6.45) is 11.0. The standard InChI is InChI=1S/C15H26N2/c1-4-9-17(10-13-5-6-13)12-15(2,3)11-16-14-7-8-14/h1,13-14,16H,5-12H2,2-3H3. The number of terminal acetylenes is 1. The van der Waals surface area contributed by atoms with Crippen molar-refractivity contribution in [2.75, 3.05) is 26.2 Å². The van der Waals surface area contributed by atoms with Crippen LogP contribution in [-0.2, 0) is 0 Å². The summed E-state index contributed by atoms with van der Waals surface area (Å²) in [6, 6.07) is 0.804. The van der Waals surface area contributed by atoms with Crippen molar-refractivity contribution in [1.29, 1.82) is 0 Å². The maximum Gasteiger partial charge on any atom is 0.0599 e. The van der Waals surface area contributed by atoms with Crippen molar-refractivity contribution in [2.24, 2.45) is 11.3 Å². The average Bonchev–Trinajstić information content (AvgIpc) is 3.10. The summed E-state index contributed by atoms with van der Waals surface area (Å²) in [4.78, 5) is 2.46. The third-order valence-corrected chi connectivity index (χ3v) is 3.63. The molecule has 0 aromatic carbocycles. The fourth-order valence-electron chi connectivity index (χ4n) is 2.35. The third kappa shape index (κ3) is 5.10. The van der Waals surface area contributed by atoms with Crippen LogP contribution in [0.25, 0.3) is 0 Å². The highest BCUT2D eigenvalue weighted by molar-refractivity contribution is 4.92. The number of hydrogen-bond donors (Lipinski definition) is 1. The van der Waals surface area contributed by atoms with E-state index >= 15 is 0 Å². The molecule has 0 unspecified atom stereocenters. The Morgan fingerprint density at radius 1 is 1.29 bits per heavy atom. The van der Waals surface area contributed by atoms with Gasteiger partial charge in [-0.3, -0.25) is 4.90 Å². The summed E-state index contributed by atoms with van der Waals surface area (Å²) in [7, 11) is 0. The van der Waals surface area contributed by atoms with Crippen LogP contribution in [0.2, 0.25) is 0 Å². The summed E-state index contributed by atoms with van der Waals surface area (Å²) in [5.41, 5.74) is 0.328. The monoisotopic (exact) mass is 234 g/mol. The fraction of sp³-hybridized carbons (Fsp3) is 0.867. The molecule has 2 saturated carbocycles. The van der Waals surface area contributed by atoms with Crippen LogP contribution < -0.4 is 5.32 Å². The molecule has 0 bridgehead atoms. The lowest BCUT2D eigenvalue weighted by Gasteiger charge is -2.32. The van der Waals surface area contributed by atoms with Crippen LogP contribution in [0, 0.1) is 23.7 Å². The van der Waals surface area contributed by atoms with Crippen LogP contribution in [0.5, 0.6) is 0 Å². The lowest BCUT2D eigenvalue weighted by atomic mass is 9.92. The van der Waals surface area contributed by atoms with Gasteiger partial charge in [-0.1, -0.05) is 19.8 Å². The zero-order chi connectivity index (χ0) is 12.3. The first-order chi connectivity index (χ1) is 8.09. The molecule has 2 rings (SSSR count). The lowest BCUT2D eigenvalue weighted by Crippen LogP contribution is -2.42. The Labute approximate surface area is 106 Å². The van der Waals surface area contributed by atoms with Crippen LogP contribution in [-0.4, -0.2) is 37.1 Å². The number of rotatable bonds is 8. The van der Waals surface area contributed by atoms with E-state index in [9.17, 15) is 0 Å². The Morgan fingerprint density at radius 2 is 2.00 bits per heavy atom. The van der Waals surface area contributed by atoms with Crippen molar-refractivity contribution >= 4 is 0 Å². The SMILES string of the molecule is C#CCN(CC1CC1)CC(C)(C)CNC1CC1. The van der Waals surface area contributed by atoms with Gasteiger partial charge in [0.25, 0.3) is 0 Å². The van der Waals surface area contributed by atoms with E-state index in [0.717, 1.165) is 31.6 Å². The largest absolute Gasteiger partial charge is 0.313 e. The third-order valence-electron chi connectivity index (χ3n) is 3.63. The molecule has 2 nitrogen and oxygen atoms in total. The van der Waals surface area contributed by atoms with Crippen molar-refractivity contribution in [3.8, 4) is 12.3 Å². The molecule has 0 radical (unpaired) electrons. The minimum Gasteiger partial charge on any atom is -0.313 e. The lowest BCUT2D eigenvalue weighted by molar-refractivity contribution is 0.184. The molecule has 0 saturated heterocycles. The van der Waals surface area contributed by atoms with E-state index in [2.05, 4.69) is 30.0 Å². The maximum absolute atomic E-state index is 5.47. The Hall–Kier alpha value is -0.520. The van der Waals surface area contributed by atoms with Gasteiger partial charge in [0.05, 0.1) is 6.54 Å². The van der Waals surface area contributed by atoms with Gasteiger partial charge in [-0.05, 0) is 37.0 Å². The van der Waals surface area contributed by atoms with Gasteiger partial charge in [0.1, 0.15) is 0 Å². The van der Waals surface area contributed by atoms with Gasteiger partial charge in [0, 0.05) is 25.7 Å². The van der Waals surface area contributed by atoms with Gasteiger partial charge in [0.15, 0.2) is 0 Å². The van der Waals surface area contributed by atoms with Crippen LogP contribution in [0.3, 0.4) is 0 Å². The van der Waals surface area contributed by atoms with Gasteiger partial charge >= 0.3 is 0 Å². The first kappa shape index (κ1) is 12.9. The Morgan fingerprint density at radius 3 is 2.53 bits per heavy atom. The molecule has 2 aliphatic carbocycles. The molecule has 0 aromatic rings. The first-order valence-electron chi connectivity index (χ1n) is 6.98. The average molecular weight is 234 g/mol. The normalized spacial score (nSPS) is 20.6. The topological polar surface area (TPSA) is 15.3 Å². The Bertz CT molecular complexity index is 282. The van der Waals surface area contributed by atoms with Crippen molar-refractivity contribution in [3.63, 3.8) is 0 Å². The zero-order valence-corrected chi connectivity index (χ0v) is 11.3. The fourth-order valence-corrected chi connectivity index (χ4v) is 2.35. The molecular weight excluding hydrogens is 208 g/mol. The van der Waals surface area contributed by atoms with Crippen LogP contribution >= 0.6 is 0 Å². The highest BCUT2D eigenvalue weighted by Gasteiger charge is 2.29. The molecule has 0 amide bonds. The van der Waals surface area contributed by atoms with E-state index in [1.807, 2.05) is 0 Å². The molecule has 2 aliphatic rings. The van der Waals surface area contributed by atoms with Crippen molar-refractivity contribution < 1.29 is 0 Å². The molecule has 17 heavy (non-hydrogen) atoms. The maximum atomic E-state index is 5.47. The molecule has 0 spiro atoms. The Kier molecular flexibility index (Phi) is 4.12. The zero-order valence-electron chi connectivity index (χ0n) is 11.3. The minimum absolute atomic E-state index is 0.328. The number of nitrogens with zero attached hydrogens (tertiary/aromatic N) is 1. The summed E-state index contributed by atoms with van der Waals surface area (Å²) in [6.45, 7) is 8.94. The molecule has 2 heteroatoms. The quantitative estimate of drug-likeness (QED) is 0.647. The van der Waals surface area contributed by atoms with Gasteiger partial charge < -0.3 is 5.32 Å². The van der Waals surface area contributed by atoms with Crippen LogP contribution in [0.15, 0.2) is 0 Å². The molecule has 0 aromatic heterocycles. The molecular formula is C15H26N2. The molecule has 0 atom stereocenters. The summed E-state index contributed by atoms with van der Waals surface area (Å²) in [5.74, 6) is 3.73. The van der Waals surface area contributed by atoms with E-state index in [1.54, 1.807) is 0 Å². The van der Waals surface area contributed by atoms with E-state index < -0.39 is 0 Å². The molecule has 0 heterocycles. The predicted molar refractivity (Wildman–Crippen MR) is 72.8 cm³/mol. The predicted octanol–water partition coefficient (Wildman–Crippen LogP) is 2.11. The van der Waals surface area contributed by atoms with E-state index in [-0.39, 0.29) is 0 Å². The second-order valence-corrected chi connectivity index (χ2v) is 6.64. The highest BCUT2D eigenvalue weighted by atomic mass is 15.1. The smallest absolute Gasteiger partial charge is 0.0599 e.